The lowest BCUT2D eigenvalue weighted by molar-refractivity contribution is -0.122. The minimum absolute atomic E-state index is 0.0116. The van der Waals surface area contributed by atoms with Gasteiger partial charge in [-0.3, -0.25) is 9.59 Å². The number of amides is 1. The van der Waals surface area contributed by atoms with Gasteiger partial charge >= 0.3 is 0 Å². The van der Waals surface area contributed by atoms with E-state index in [1.165, 1.54) is 0 Å². The smallest absolute Gasteiger partial charge is 0.240 e. The molecule has 0 fully saturated rings. The van der Waals surface area contributed by atoms with Crippen molar-refractivity contribution in [3.63, 3.8) is 0 Å². The number of para-hydroxylation sites is 2. The third kappa shape index (κ3) is 3.66. The first-order valence-electron chi connectivity index (χ1n) is 10.1. The summed E-state index contributed by atoms with van der Waals surface area (Å²) in [5.41, 5.74) is 2.53. The summed E-state index contributed by atoms with van der Waals surface area (Å²) in [6.45, 7) is 2.17. The van der Waals surface area contributed by atoms with Crippen LogP contribution >= 0.6 is 0 Å². The largest absolute Gasteiger partial charge is 0.497 e. The maximum absolute atomic E-state index is 13.0. The van der Waals surface area contributed by atoms with Gasteiger partial charge < -0.3 is 14.6 Å². The normalized spacial score (nSPS) is 12.1. The Kier molecular flexibility index (Phi) is 5.53. The van der Waals surface area contributed by atoms with Crippen LogP contribution in [0.4, 0.5) is 0 Å². The second kappa shape index (κ2) is 8.41. The van der Waals surface area contributed by atoms with Crippen LogP contribution in [0.2, 0.25) is 0 Å². The number of ether oxygens (including phenoxy) is 1. The number of aromatic nitrogens is 1. The SMILES string of the molecule is CC[C@@H](NC(=O)Cn1c2ccccc2c(=O)c2ccccc21)c1ccc(OC)cc1. The second-order valence-electron chi connectivity index (χ2n) is 7.25. The molecule has 0 aliphatic carbocycles. The second-order valence-corrected chi connectivity index (χ2v) is 7.25. The highest BCUT2D eigenvalue weighted by atomic mass is 16.5. The third-order valence-electron chi connectivity index (χ3n) is 5.44. The molecule has 0 radical (unpaired) electrons. The third-order valence-corrected chi connectivity index (χ3v) is 5.44. The summed E-state index contributed by atoms with van der Waals surface area (Å²) in [5.74, 6) is 0.683. The van der Waals surface area contributed by atoms with Gasteiger partial charge in [0.2, 0.25) is 5.91 Å². The Hall–Kier alpha value is -3.60. The Balaban J connectivity index is 1.68. The zero-order chi connectivity index (χ0) is 21.1. The Morgan fingerprint density at radius 2 is 1.50 bits per heavy atom. The van der Waals surface area contributed by atoms with Crippen LogP contribution in [0.3, 0.4) is 0 Å². The van der Waals surface area contributed by atoms with Crippen LogP contribution in [-0.4, -0.2) is 17.6 Å². The molecule has 1 heterocycles. The molecule has 5 heteroatoms. The molecule has 0 saturated heterocycles. The molecule has 4 aromatic rings. The van der Waals surface area contributed by atoms with Crippen molar-refractivity contribution >= 4 is 27.7 Å². The lowest BCUT2D eigenvalue weighted by Crippen LogP contribution is -2.32. The topological polar surface area (TPSA) is 60.3 Å². The highest BCUT2D eigenvalue weighted by molar-refractivity contribution is 5.94. The number of nitrogens with zero attached hydrogens (tertiary/aromatic N) is 1. The molecule has 0 spiro atoms. The molecule has 1 amide bonds. The van der Waals surface area contributed by atoms with Crippen LogP contribution in [0.5, 0.6) is 5.75 Å². The highest BCUT2D eigenvalue weighted by Crippen LogP contribution is 2.22. The number of nitrogens with one attached hydrogen (secondary N) is 1. The molecular formula is C25H24N2O3. The van der Waals surface area contributed by atoms with Gasteiger partial charge in [-0.1, -0.05) is 43.3 Å². The zero-order valence-electron chi connectivity index (χ0n) is 17.1. The van der Waals surface area contributed by atoms with Crippen molar-refractivity contribution in [2.75, 3.05) is 7.11 Å². The summed E-state index contributed by atoms with van der Waals surface area (Å²) in [6.07, 6.45) is 0.768. The lowest BCUT2D eigenvalue weighted by atomic mass is 10.0. The molecule has 3 aromatic carbocycles. The summed E-state index contributed by atoms with van der Waals surface area (Å²) >= 11 is 0. The Morgan fingerprint density at radius 3 is 2.03 bits per heavy atom. The number of hydrogen-bond acceptors (Lipinski definition) is 3. The fourth-order valence-electron chi connectivity index (χ4n) is 3.89. The Morgan fingerprint density at radius 1 is 0.933 bits per heavy atom. The number of rotatable bonds is 6. The minimum Gasteiger partial charge on any atom is -0.497 e. The van der Waals surface area contributed by atoms with Gasteiger partial charge in [-0.05, 0) is 48.4 Å². The van der Waals surface area contributed by atoms with E-state index in [9.17, 15) is 9.59 Å². The van der Waals surface area contributed by atoms with E-state index in [1.807, 2.05) is 84.3 Å². The average Bonchev–Trinajstić information content (AvgIpc) is 2.80. The van der Waals surface area contributed by atoms with Crippen molar-refractivity contribution in [2.24, 2.45) is 0 Å². The molecule has 0 aliphatic rings. The standard InChI is InChI=1S/C25H24N2O3/c1-3-21(17-12-14-18(30-2)15-13-17)26-24(28)16-27-22-10-6-4-8-19(22)25(29)20-9-5-7-11-23(20)27/h4-15,21H,3,16H2,1-2H3,(H,26,28)/t21-/m1/s1. The van der Waals surface area contributed by atoms with E-state index in [4.69, 9.17) is 4.74 Å². The van der Waals surface area contributed by atoms with E-state index < -0.39 is 0 Å². The first-order chi connectivity index (χ1) is 14.6. The van der Waals surface area contributed by atoms with Crippen molar-refractivity contribution in [1.29, 1.82) is 0 Å². The van der Waals surface area contributed by atoms with Crippen molar-refractivity contribution in [3.05, 3.63) is 88.6 Å². The molecule has 0 unspecified atom stereocenters. The quantitative estimate of drug-likeness (QED) is 0.487. The number of fused-ring (bicyclic) bond motifs is 2. The first kappa shape index (κ1) is 19.7. The lowest BCUT2D eigenvalue weighted by Gasteiger charge is -2.20. The van der Waals surface area contributed by atoms with Crippen molar-refractivity contribution < 1.29 is 9.53 Å². The van der Waals surface area contributed by atoms with E-state index in [0.29, 0.717) is 10.8 Å². The van der Waals surface area contributed by atoms with Gasteiger partial charge in [0.1, 0.15) is 12.3 Å². The summed E-state index contributed by atoms with van der Waals surface area (Å²) < 4.78 is 7.14. The molecule has 0 saturated carbocycles. The molecular weight excluding hydrogens is 376 g/mol. The Bertz CT molecular complexity index is 1200. The van der Waals surface area contributed by atoms with E-state index >= 15 is 0 Å². The monoisotopic (exact) mass is 400 g/mol. The fraction of sp³-hybridized carbons (Fsp3) is 0.200. The van der Waals surface area contributed by atoms with Gasteiger partial charge in [-0.25, -0.2) is 0 Å². The number of methoxy groups -OCH3 is 1. The fourth-order valence-corrected chi connectivity index (χ4v) is 3.89. The van der Waals surface area contributed by atoms with Gasteiger partial charge in [-0.2, -0.15) is 0 Å². The van der Waals surface area contributed by atoms with Crippen molar-refractivity contribution in [1.82, 2.24) is 9.88 Å². The molecule has 1 aromatic heterocycles. The van der Waals surface area contributed by atoms with Crippen LogP contribution in [0.15, 0.2) is 77.6 Å². The van der Waals surface area contributed by atoms with Gasteiger partial charge in [0, 0.05) is 10.8 Å². The summed E-state index contributed by atoms with van der Waals surface area (Å²) in [4.78, 5) is 25.9. The van der Waals surface area contributed by atoms with E-state index in [2.05, 4.69) is 5.32 Å². The van der Waals surface area contributed by atoms with Gasteiger partial charge in [0.05, 0.1) is 24.2 Å². The van der Waals surface area contributed by atoms with Gasteiger partial charge in [0.25, 0.3) is 0 Å². The van der Waals surface area contributed by atoms with E-state index in [0.717, 1.165) is 28.8 Å². The van der Waals surface area contributed by atoms with Gasteiger partial charge in [-0.15, -0.1) is 0 Å². The molecule has 4 rings (SSSR count). The Labute approximate surface area is 174 Å². The number of carbonyl (C=O) groups is 1. The molecule has 1 atom stereocenters. The van der Waals surface area contributed by atoms with Crippen LogP contribution < -0.4 is 15.5 Å². The minimum atomic E-state index is -0.100. The predicted octanol–water partition coefficient (Wildman–Crippen LogP) is 4.43. The van der Waals surface area contributed by atoms with Crippen LogP contribution in [0.1, 0.15) is 24.9 Å². The van der Waals surface area contributed by atoms with Crippen LogP contribution in [0, 0.1) is 0 Å². The maximum Gasteiger partial charge on any atom is 0.240 e. The average molecular weight is 400 g/mol. The molecule has 5 nitrogen and oxygen atoms in total. The number of pyridine rings is 1. The number of carbonyl (C=O) groups excluding carboxylic acids is 1. The van der Waals surface area contributed by atoms with E-state index in [1.54, 1.807) is 7.11 Å². The first-order valence-corrected chi connectivity index (χ1v) is 10.1. The van der Waals surface area contributed by atoms with Gasteiger partial charge in [0.15, 0.2) is 5.43 Å². The summed E-state index contributed by atoms with van der Waals surface area (Å²) in [5, 5.41) is 4.37. The van der Waals surface area contributed by atoms with Crippen LogP contribution in [0.25, 0.3) is 21.8 Å². The number of benzene rings is 3. The molecule has 0 aliphatic heterocycles. The maximum atomic E-state index is 13.0. The highest BCUT2D eigenvalue weighted by Gasteiger charge is 2.16. The van der Waals surface area contributed by atoms with E-state index in [-0.39, 0.29) is 23.9 Å². The molecule has 1 N–H and O–H groups in total. The van der Waals surface area contributed by atoms with Crippen molar-refractivity contribution in [2.45, 2.75) is 25.9 Å². The van der Waals surface area contributed by atoms with Crippen molar-refractivity contribution in [3.8, 4) is 5.75 Å². The zero-order valence-corrected chi connectivity index (χ0v) is 17.1. The predicted molar refractivity (Wildman–Crippen MR) is 120 cm³/mol. The molecule has 30 heavy (non-hydrogen) atoms. The molecule has 152 valence electrons. The number of hydrogen-bond donors (Lipinski definition) is 1. The van der Waals surface area contributed by atoms with Crippen LogP contribution in [-0.2, 0) is 11.3 Å². The summed E-state index contributed by atoms with van der Waals surface area (Å²) in [6, 6.07) is 22.5. The molecule has 0 bridgehead atoms. The summed E-state index contributed by atoms with van der Waals surface area (Å²) in [7, 11) is 1.63.